The summed E-state index contributed by atoms with van der Waals surface area (Å²) in [6.07, 6.45) is 2.03. The van der Waals surface area contributed by atoms with Crippen molar-refractivity contribution in [1.29, 1.82) is 0 Å². The lowest BCUT2D eigenvalue weighted by molar-refractivity contribution is -0.120. The highest BCUT2D eigenvalue weighted by Crippen LogP contribution is 2.22. The van der Waals surface area contributed by atoms with Crippen molar-refractivity contribution in [3.8, 4) is 0 Å². The van der Waals surface area contributed by atoms with Crippen molar-refractivity contribution in [3.63, 3.8) is 0 Å². The zero-order valence-corrected chi connectivity index (χ0v) is 17.0. The Balaban J connectivity index is 1.66. The number of carbonyl (C=O) groups is 1. The van der Waals surface area contributed by atoms with Crippen LogP contribution in [0.2, 0.25) is 0 Å². The van der Waals surface area contributed by atoms with Gasteiger partial charge < -0.3 is 15.1 Å². The topological polar surface area (TPSA) is 99.2 Å². The summed E-state index contributed by atoms with van der Waals surface area (Å²) in [7, 11) is 2.12. The molecule has 27 heavy (non-hydrogen) atoms. The van der Waals surface area contributed by atoms with Crippen LogP contribution < -0.4 is 15.5 Å². The Kier molecular flexibility index (Phi) is 6.17. The molecule has 1 saturated heterocycles. The quantitative estimate of drug-likeness (QED) is 0.759. The third kappa shape index (κ3) is 5.57. The third-order valence-electron chi connectivity index (χ3n) is 4.08. The van der Waals surface area contributed by atoms with Crippen LogP contribution in [0.3, 0.4) is 0 Å². The minimum Gasteiger partial charge on any atom is -0.354 e. The van der Waals surface area contributed by atoms with E-state index in [2.05, 4.69) is 47.4 Å². The molecule has 0 radical (unpaired) electrons. The van der Waals surface area contributed by atoms with Crippen molar-refractivity contribution in [3.05, 3.63) is 16.9 Å². The summed E-state index contributed by atoms with van der Waals surface area (Å²) in [6, 6.07) is 0.129. The van der Waals surface area contributed by atoms with Gasteiger partial charge in [-0.25, -0.2) is 4.98 Å². The molecule has 146 valence electrons. The Hall–Kier alpha value is -2.33. The van der Waals surface area contributed by atoms with Crippen LogP contribution in [-0.2, 0) is 11.2 Å². The summed E-state index contributed by atoms with van der Waals surface area (Å²) in [6.45, 7) is 9.51. The molecular formula is C17H26N8OS. The standard InChI is InChI=1S/C17H26N8OS/c1-11(2)19-14(26)9-13-10-18-17(27-13)23-15-20-12(3)21-16(22-15)25-7-5-24(4)6-8-25/h10-11H,5-9H2,1-4H3,(H,19,26)(H,18,20,21,22,23). The zero-order valence-electron chi connectivity index (χ0n) is 16.2. The van der Waals surface area contributed by atoms with Crippen LogP contribution in [0.15, 0.2) is 6.20 Å². The summed E-state index contributed by atoms with van der Waals surface area (Å²) in [5, 5.41) is 6.69. The SMILES string of the molecule is Cc1nc(Nc2ncc(CC(=O)NC(C)C)s2)nc(N2CCN(C)CC2)n1. The smallest absolute Gasteiger partial charge is 0.234 e. The monoisotopic (exact) mass is 390 g/mol. The van der Waals surface area contributed by atoms with E-state index in [1.807, 2.05) is 20.8 Å². The molecule has 2 aromatic rings. The normalized spacial score (nSPS) is 15.2. The van der Waals surface area contributed by atoms with Gasteiger partial charge in [-0.2, -0.15) is 15.0 Å². The van der Waals surface area contributed by atoms with Crippen LogP contribution >= 0.6 is 11.3 Å². The molecular weight excluding hydrogens is 364 g/mol. The Morgan fingerprint density at radius 2 is 1.96 bits per heavy atom. The first-order chi connectivity index (χ1) is 12.9. The fourth-order valence-corrected chi connectivity index (χ4v) is 3.55. The number of thiazole rings is 1. The van der Waals surface area contributed by atoms with Gasteiger partial charge in [0.1, 0.15) is 5.82 Å². The van der Waals surface area contributed by atoms with Gasteiger partial charge in [0.15, 0.2) is 5.13 Å². The molecule has 0 unspecified atom stereocenters. The van der Waals surface area contributed by atoms with Crippen LogP contribution in [0, 0.1) is 6.92 Å². The van der Waals surface area contributed by atoms with Gasteiger partial charge >= 0.3 is 0 Å². The van der Waals surface area contributed by atoms with E-state index >= 15 is 0 Å². The van der Waals surface area contributed by atoms with Crippen molar-refractivity contribution < 1.29 is 4.79 Å². The van der Waals surface area contributed by atoms with E-state index in [4.69, 9.17) is 0 Å². The lowest BCUT2D eigenvalue weighted by Crippen LogP contribution is -2.45. The van der Waals surface area contributed by atoms with Gasteiger partial charge in [-0.1, -0.05) is 0 Å². The van der Waals surface area contributed by atoms with E-state index in [1.54, 1.807) is 6.20 Å². The summed E-state index contributed by atoms with van der Waals surface area (Å²) in [4.78, 5) is 34.9. The number of piperazine rings is 1. The van der Waals surface area contributed by atoms with Crippen LogP contribution in [0.4, 0.5) is 17.0 Å². The Morgan fingerprint density at radius 1 is 1.22 bits per heavy atom. The van der Waals surface area contributed by atoms with Gasteiger partial charge in [-0.3, -0.25) is 10.1 Å². The predicted octanol–water partition coefficient (Wildman–Crippen LogP) is 1.20. The molecule has 0 atom stereocenters. The van der Waals surface area contributed by atoms with Gasteiger partial charge in [-0.15, -0.1) is 11.3 Å². The number of amides is 1. The van der Waals surface area contributed by atoms with Crippen LogP contribution in [-0.4, -0.2) is 70.0 Å². The van der Waals surface area contributed by atoms with Crippen molar-refractivity contribution in [2.45, 2.75) is 33.2 Å². The molecule has 0 aromatic carbocycles. The van der Waals surface area contributed by atoms with E-state index in [1.165, 1.54) is 11.3 Å². The molecule has 9 nitrogen and oxygen atoms in total. The molecule has 3 rings (SSSR count). The van der Waals surface area contributed by atoms with Gasteiger partial charge in [0, 0.05) is 43.3 Å². The maximum Gasteiger partial charge on any atom is 0.234 e. The number of hydrogen-bond acceptors (Lipinski definition) is 9. The lowest BCUT2D eigenvalue weighted by atomic mass is 10.3. The predicted molar refractivity (Wildman–Crippen MR) is 107 cm³/mol. The Labute approximate surface area is 163 Å². The second kappa shape index (κ2) is 8.57. The molecule has 1 amide bonds. The molecule has 0 saturated carbocycles. The number of anilines is 3. The molecule has 1 aliphatic rings. The molecule has 1 fully saturated rings. The summed E-state index contributed by atoms with van der Waals surface area (Å²) in [5.74, 6) is 1.82. The van der Waals surface area contributed by atoms with E-state index in [0.29, 0.717) is 29.3 Å². The van der Waals surface area contributed by atoms with Crippen molar-refractivity contribution in [2.24, 2.45) is 0 Å². The second-order valence-corrected chi connectivity index (χ2v) is 8.07. The Bertz CT molecular complexity index is 785. The maximum absolute atomic E-state index is 11.9. The van der Waals surface area contributed by atoms with Gasteiger partial charge in [0.05, 0.1) is 6.42 Å². The van der Waals surface area contributed by atoms with Gasteiger partial charge in [0.2, 0.25) is 17.8 Å². The number of aryl methyl sites for hydroxylation is 1. The molecule has 3 heterocycles. The third-order valence-corrected chi connectivity index (χ3v) is 4.99. The Morgan fingerprint density at radius 3 is 2.67 bits per heavy atom. The summed E-state index contributed by atoms with van der Waals surface area (Å²) < 4.78 is 0. The van der Waals surface area contributed by atoms with E-state index in [-0.39, 0.29) is 11.9 Å². The first kappa shape index (κ1) is 19.4. The first-order valence-corrected chi connectivity index (χ1v) is 9.88. The molecule has 10 heteroatoms. The number of hydrogen-bond donors (Lipinski definition) is 2. The van der Waals surface area contributed by atoms with Gasteiger partial charge in [-0.05, 0) is 27.8 Å². The van der Waals surface area contributed by atoms with E-state index in [0.717, 1.165) is 31.1 Å². The molecule has 2 aromatic heterocycles. The number of nitrogens with zero attached hydrogens (tertiary/aromatic N) is 6. The van der Waals surface area contributed by atoms with Crippen LogP contribution in [0.1, 0.15) is 24.5 Å². The number of aromatic nitrogens is 4. The first-order valence-electron chi connectivity index (χ1n) is 9.06. The highest BCUT2D eigenvalue weighted by Gasteiger charge is 2.18. The average molecular weight is 391 g/mol. The van der Waals surface area contributed by atoms with Gasteiger partial charge in [0.25, 0.3) is 0 Å². The summed E-state index contributed by atoms with van der Waals surface area (Å²) in [5.41, 5.74) is 0. The second-order valence-electron chi connectivity index (χ2n) is 6.95. The minimum absolute atomic E-state index is 0.00596. The lowest BCUT2D eigenvalue weighted by Gasteiger charge is -2.32. The molecule has 0 bridgehead atoms. The summed E-state index contributed by atoms with van der Waals surface area (Å²) >= 11 is 1.43. The van der Waals surface area contributed by atoms with Crippen LogP contribution in [0.25, 0.3) is 0 Å². The molecule has 0 spiro atoms. The number of rotatable bonds is 6. The largest absolute Gasteiger partial charge is 0.354 e. The van der Waals surface area contributed by atoms with Crippen molar-refractivity contribution in [2.75, 3.05) is 43.4 Å². The minimum atomic E-state index is -0.00596. The number of carbonyl (C=O) groups excluding carboxylic acids is 1. The van der Waals surface area contributed by atoms with E-state index in [9.17, 15) is 4.79 Å². The number of nitrogens with one attached hydrogen (secondary N) is 2. The maximum atomic E-state index is 11.9. The van der Waals surface area contributed by atoms with Crippen molar-refractivity contribution in [1.82, 2.24) is 30.2 Å². The molecule has 0 aliphatic carbocycles. The highest BCUT2D eigenvalue weighted by molar-refractivity contribution is 7.15. The molecule has 1 aliphatic heterocycles. The van der Waals surface area contributed by atoms with Crippen molar-refractivity contribution >= 4 is 34.3 Å². The fraction of sp³-hybridized carbons (Fsp3) is 0.588. The van der Waals surface area contributed by atoms with E-state index < -0.39 is 0 Å². The number of likely N-dealkylation sites (N-methyl/N-ethyl adjacent to an activating group) is 1. The van der Waals surface area contributed by atoms with Crippen LogP contribution in [0.5, 0.6) is 0 Å². The highest BCUT2D eigenvalue weighted by atomic mass is 32.1. The average Bonchev–Trinajstić information content (AvgIpc) is 3.00. The fourth-order valence-electron chi connectivity index (χ4n) is 2.75. The molecule has 2 N–H and O–H groups in total. The zero-order chi connectivity index (χ0) is 19.4.